The molecule has 1 aliphatic heterocycles. The molecule has 7 nitrogen and oxygen atoms in total. The summed E-state index contributed by atoms with van der Waals surface area (Å²) in [6.07, 6.45) is 0.210. The minimum atomic E-state index is -0.925. The van der Waals surface area contributed by atoms with Gasteiger partial charge in [-0.25, -0.2) is 4.79 Å². The van der Waals surface area contributed by atoms with Crippen molar-refractivity contribution >= 4 is 17.9 Å². The minimum absolute atomic E-state index is 0.0584. The first kappa shape index (κ1) is 15.3. The van der Waals surface area contributed by atoms with Crippen LogP contribution < -0.4 is 5.32 Å². The number of rotatable bonds is 4. The van der Waals surface area contributed by atoms with Crippen LogP contribution in [0.1, 0.15) is 26.7 Å². The van der Waals surface area contributed by atoms with Crippen LogP contribution in [0.2, 0.25) is 0 Å². The van der Waals surface area contributed by atoms with Crippen LogP contribution in [0.15, 0.2) is 0 Å². The third-order valence-corrected chi connectivity index (χ3v) is 3.17. The average molecular weight is 271 g/mol. The second-order valence-electron chi connectivity index (χ2n) is 4.60. The number of carboxylic acids is 1. The van der Waals surface area contributed by atoms with Crippen molar-refractivity contribution in [1.82, 2.24) is 15.1 Å². The van der Waals surface area contributed by atoms with Crippen LogP contribution in [-0.4, -0.2) is 65.0 Å². The number of nitrogens with one attached hydrogen (secondary N) is 1. The SMILES string of the molecule is CCN(C(=O)N1CCNC(=O)CC1)C(C)CC(=O)O. The molecule has 1 saturated heterocycles. The molecule has 2 N–H and O–H groups in total. The molecule has 0 aromatic carbocycles. The van der Waals surface area contributed by atoms with E-state index in [2.05, 4.69) is 5.32 Å². The Morgan fingerprint density at radius 3 is 2.74 bits per heavy atom. The third-order valence-electron chi connectivity index (χ3n) is 3.17. The summed E-state index contributed by atoms with van der Waals surface area (Å²) in [6.45, 7) is 5.26. The van der Waals surface area contributed by atoms with E-state index in [-0.39, 0.29) is 30.8 Å². The van der Waals surface area contributed by atoms with Crippen molar-refractivity contribution in [2.75, 3.05) is 26.2 Å². The molecule has 1 atom stereocenters. The molecule has 3 amide bonds. The fourth-order valence-electron chi connectivity index (χ4n) is 2.14. The first-order valence-corrected chi connectivity index (χ1v) is 6.49. The predicted molar refractivity (Wildman–Crippen MR) is 68.7 cm³/mol. The molecule has 1 aliphatic rings. The summed E-state index contributed by atoms with van der Waals surface area (Å²) in [5.74, 6) is -0.983. The summed E-state index contributed by atoms with van der Waals surface area (Å²) in [5.41, 5.74) is 0. The lowest BCUT2D eigenvalue weighted by atomic mass is 10.2. The van der Waals surface area contributed by atoms with Gasteiger partial charge in [0, 0.05) is 38.6 Å². The smallest absolute Gasteiger partial charge is 0.320 e. The first-order chi connectivity index (χ1) is 8.95. The Morgan fingerprint density at radius 2 is 2.16 bits per heavy atom. The van der Waals surface area contributed by atoms with E-state index in [9.17, 15) is 14.4 Å². The highest BCUT2D eigenvalue weighted by molar-refractivity contribution is 5.80. The monoisotopic (exact) mass is 271 g/mol. The number of carboxylic acid groups (broad SMARTS) is 1. The lowest BCUT2D eigenvalue weighted by Gasteiger charge is -2.32. The maximum absolute atomic E-state index is 12.3. The van der Waals surface area contributed by atoms with Crippen LogP contribution in [-0.2, 0) is 9.59 Å². The maximum atomic E-state index is 12.3. The molecule has 1 fully saturated rings. The van der Waals surface area contributed by atoms with Crippen LogP contribution in [0, 0.1) is 0 Å². The van der Waals surface area contributed by atoms with Crippen molar-refractivity contribution in [3.8, 4) is 0 Å². The average Bonchev–Trinajstić information content (AvgIpc) is 2.53. The highest BCUT2D eigenvalue weighted by Crippen LogP contribution is 2.09. The number of carbonyl (C=O) groups excluding carboxylic acids is 2. The van der Waals surface area contributed by atoms with Gasteiger partial charge in [-0.05, 0) is 13.8 Å². The van der Waals surface area contributed by atoms with Gasteiger partial charge in [-0.15, -0.1) is 0 Å². The van der Waals surface area contributed by atoms with Crippen LogP contribution in [0.3, 0.4) is 0 Å². The van der Waals surface area contributed by atoms with Crippen LogP contribution in [0.5, 0.6) is 0 Å². The van der Waals surface area contributed by atoms with E-state index in [1.807, 2.05) is 6.92 Å². The standard InChI is InChI=1S/C12H21N3O4/c1-3-15(9(2)8-11(17)18)12(19)14-6-4-10(16)13-5-7-14/h9H,3-8H2,1-2H3,(H,13,16)(H,17,18). The lowest BCUT2D eigenvalue weighted by Crippen LogP contribution is -2.48. The van der Waals surface area contributed by atoms with E-state index < -0.39 is 5.97 Å². The second kappa shape index (κ2) is 6.96. The zero-order chi connectivity index (χ0) is 14.4. The molecule has 0 aromatic rings. The van der Waals surface area contributed by atoms with E-state index >= 15 is 0 Å². The van der Waals surface area contributed by atoms with Gasteiger partial charge >= 0.3 is 12.0 Å². The molecule has 1 heterocycles. The third kappa shape index (κ3) is 4.42. The molecule has 0 saturated carbocycles. The van der Waals surface area contributed by atoms with Gasteiger partial charge in [0.2, 0.25) is 5.91 Å². The number of urea groups is 1. The van der Waals surface area contributed by atoms with Gasteiger partial charge in [-0.3, -0.25) is 9.59 Å². The van der Waals surface area contributed by atoms with Crippen molar-refractivity contribution in [3.63, 3.8) is 0 Å². The van der Waals surface area contributed by atoms with Crippen LogP contribution in [0.4, 0.5) is 4.79 Å². The van der Waals surface area contributed by atoms with E-state index in [0.717, 1.165) is 0 Å². The van der Waals surface area contributed by atoms with E-state index in [1.54, 1.807) is 11.8 Å². The summed E-state index contributed by atoms with van der Waals surface area (Å²) in [6, 6.07) is -0.560. The van der Waals surface area contributed by atoms with Gasteiger partial charge in [0.15, 0.2) is 0 Å². The van der Waals surface area contributed by atoms with Gasteiger partial charge in [0.1, 0.15) is 0 Å². The van der Waals surface area contributed by atoms with Crippen molar-refractivity contribution in [3.05, 3.63) is 0 Å². The number of carbonyl (C=O) groups is 3. The Balaban J connectivity index is 2.66. The number of hydrogen-bond acceptors (Lipinski definition) is 3. The molecule has 108 valence electrons. The van der Waals surface area contributed by atoms with Crippen molar-refractivity contribution in [1.29, 1.82) is 0 Å². The molecule has 1 rings (SSSR count). The largest absolute Gasteiger partial charge is 0.481 e. The fraction of sp³-hybridized carbons (Fsp3) is 0.750. The highest BCUT2D eigenvalue weighted by atomic mass is 16.4. The van der Waals surface area contributed by atoms with Gasteiger partial charge in [-0.1, -0.05) is 0 Å². The predicted octanol–water partition coefficient (Wildman–Crippen LogP) is 0.113. The van der Waals surface area contributed by atoms with Gasteiger partial charge in [0.05, 0.1) is 6.42 Å². The molecule has 19 heavy (non-hydrogen) atoms. The van der Waals surface area contributed by atoms with Crippen LogP contribution >= 0.6 is 0 Å². The topological polar surface area (TPSA) is 90.0 Å². The van der Waals surface area contributed by atoms with Gasteiger partial charge in [-0.2, -0.15) is 0 Å². The van der Waals surface area contributed by atoms with Crippen molar-refractivity contribution in [2.24, 2.45) is 0 Å². The normalized spacial score (nSPS) is 17.4. The summed E-state index contributed by atoms with van der Waals surface area (Å²) in [5, 5.41) is 11.5. The van der Waals surface area contributed by atoms with Crippen molar-refractivity contribution in [2.45, 2.75) is 32.7 Å². The number of aliphatic carboxylic acids is 1. The fourth-order valence-corrected chi connectivity index (χ4v) is 2.14. The Hall–Kier alpha value is -1.79. The summed E-state index contributed by atoms with van der Waals surface area (Å²) in [4.78, 5) is 37.4. The van der Waals surface area contributed by atoms with E-state index in [1.165, 1.54) is 4.90 Å². The maximum Gasteiger partial charge on any atom is 0.320 e. The van der Waals surface area contributed by atoms with Gasteiger partial charge < -0.3 is 20.2 Å². The highest BCUT2D eigenvalue weighted by Gasteiger charge is 2.26. The summed E-state index contributed by atoms with van der Waals surface area (Å²) < 4.78 is 0. The first-order valence-electron chi connectivity index (χ1n) is 6.49. The van der Waals surface area contributed by atoms with Gasteiger partial charge in [0.25, 0.3) is 0 Å². The molecular formula is C12H21N3O4. The molecule has 0 spiro atoms. The Bertz CT molecular complexity index is 359. The van der Waals surface area contributed by atoms with E-state index in [0.29, 0.717) is 26.2 Å². The molecule has 0 radical (unpaired) electrons. The summed E-state index contributed by atoms with van der Waals surface area (Å²) >= 11 is 0. The number of hydrogen-bond donors (Lipinski definition) is 2. The number of amides is 3. The number of nitrogens with zero attached hydrogens (tertiary/aromatic N) is 2. The molecule has 1 unspecified atom stereocenters. The van der Waals surface area contributed by atoms with Crippen molar-refractivity contribution < 1.29 is 19.5 Å². The minimum Gasteiger partial charge on any atom is -0.481 e. The van der Waals surface area contributed by atoms with E-state index in [4.69, 9.17) is 5.11 Å². The zero-order valence-corrected chi connectivity index (χ0v) is 11.4. The Kier molecular flexibility index (Phi) is 5.59. The Labute approximate surface area is 112 Å². The lowest BCUT2D eigenvalue weighted by molar-refractivity contribution is -0.138. The molecule has 0 aromatic heterocycles. The molecule has 0 aliphatic carbocycles. The molecule has 7 heteroatoms. The molecular weight excluding hydrogens is 250 g/mol. The molecule has 0 bridgehead atoms. The van der Waals surface area contributed by atoms with Crippen LogP contribution in [0.25, 0.3) is 0 Å². The quantitative estimate of drug-likeness (QED) is 0.759. The second-order valence-corrected chi connectivity index (χ2v) is 4.60. The summed E-state index contributed by atoms with van der Waals surface area (Å²) in [7, 11) is 0. The zero-order valence-electron chi connectivity index (χ0n) is 11.4. The Morgan fingerprint density at radius 1 is 1.47 bits per heavy atom.